The van der Waals surface area contributed by atoms with Crippen LogP contribution in [0.3, 0.4) is 0 Å². The summed E-state index contributed by atoms with van der Waals surface area (Å²) >= 11 is 5.04. The first-order chi connectivity index (χ1) is 9.11. The zero-order chi connectivity index (χ0) is 13.8. The van der Waals surface area contributed by atoms with Crippen molar-refractivity contribution >= 4 is 23.1 Å². The molecule has 1 aliphatic carbocycles. The summed E-state index contributed by atoms with van der Waals surface area (Å²) in [5.41, 5.74) is 5.71. The van der Waals surface area contributed by atoms with Crippen LogP contribution < -0.4 is 5.73 Å². The molecule has 0 spiro atoms. The molecule has 1 unspecified atom stereocenters. The molecule has 1 saturated heterocycles. The lowest BCUT2D eigenvalue weighted by atomic mass is 10.0. The molecule has 5 heteroatoms. The van der Waals surface area contributed by atoms with Gasteiger partial charge in [-0.2, -0.15) is 0 Å². The molecule has 0 radical (unpaired) electrons. The third-order valence-electron chi connectivity index (χ3n) is 4.12. The highest BCUT2D eigenvalue weighted by molar-refractivity contribution is 7.80. The van der Waals surface area contributed by atoms with Crippen LogP contribution in [0.5, 0.6) is 0 Å². The fourth-order valence-corrected chi connectivity index (χ4v) is 2.93. The fourth-order valence-electron chi connectivity index (χ4n) is 2.71. The minimum absolute atomic E-state index is 0.139. The normalized spacial score (nSPS) is 22.3. The van der Waals surface area contributed by atoms with Gasteiger partial charge in [0.1, 0.15) is 0 Å². The lowest BCUT2D eigenvalue weighted by Crippen LogP contribution is -2.52. The summed E-state index contributed by atoms with van der Waals surface area (Å²) < 4.78 is 0. The van der Waals surface area contributed by atoms with E-state index in [1.807, 2.05) is 4.90 Å². The molecule has 2 rings (SSSR count). The van der Waals surface area contributed by atoms with Crippen molar-refractivity contribution in [1.29, 1.82) is 0 Å². The van der Waals surface area contributed by atoms with E-state index < -0.39 is 0 Å². The van der Waals surface area contributed by atoms with Gasteiger partial charge in [0.05, 0.1) is 10.9 Å². The summed E-state index contributed by atoms with van der Waals surface area (Å²) in [6, 6.07) is 0. The maximum absolute atomic E-state index is 12.4. The SMILES string of the molecule is CCCC(C(=O)N1CCN(CC2CC2)CC1)C(N)=S. The predicted molar refractivity (Wildman–Crippen MR) is 80.9 cm³/mol. The van der Waals surface area contributed by atoms with Gasteiger partial charge in [-0.1, -0.05) is 25.6 Å². The molecule has 2 fully saturated rings. The molecule has 4 nitrogen and oxygen atoms in total. The summed E-state index contributed by atoms with van der Waals surface area (Å²) in [4.78, 5) is 17.2. The van der Waals surface area contributed by atoms with Crippen LogP contribution in [0.25, 0.3) is 0 Å². The number of carbonyl (C=O) groups is 1. The zero-order valence-corrected chi connectivity index (χ0v) is 12.6. The van der Waals surface area contributed by atoms with E-state index in [2.05, 4.69) is 11.8 Å². The number of carbonyl (C=O) groups excluding carboxylic acids is 1. The van der Waals surface area contributed by atoms with Crippen LogP contribution in [-0.2, 0) is 4.79 Å². The van der Waals surface area contributed by atoms with Gasteiger partial charge >= 0.3 is 0 Å². The molecule has 108 valence electrons. The molecule has 1 heterocycles. The largest absolute Gasteiger partial charge is 0.393 e. The van der Waals surface area contributed by atoms with Crippen LogP contribution in [0.4, 0.5) is 0 Å². The zero-order valence-electron chi connectivity index (χ0n) is 11.8. The average Bonchev–Trinajstić information content (AvgIpc) is 3.19. The van der Waals surface area contributed by atoms with E-state index in [4.69, 9.17) is 18.0 Å². The van der Waals surface area contributed by atoms with Gasteiger partial charge in [-0.15, -0.1) is 0 Å². The van der Waals surface area contributed by atoms with Crippen LogP contribution >= 0.6 is 12.2 Å². The molecule has 0 aromatic carbocycles. The van der Waals surface area contributed by atoms with Crippen molar-refractivity contribution in [2.24, 2.45) is 17.6 Å². The summed E-state index contributed by atoms with van der Waals surface area (Å²) in [6.45, 7) is 6.93. The van der Waals surface area contributed by atoms with Gasteiger partial charge in [-0.3, -0.25) is 9.69 Å². The molecule has 1 saturated carbocycles. The lowest BCUT2D eigenvalue weighted by Gasteiger charge is -2.36. The molecule has 1 amide bonds. The third-order valence-corrected chi connectivity index (χ3v) is 4.40. The minimum atomic E-state index is -0.255. The van der Waals surface area contributed by atoms with Crippen molar-refractivity contribution in [2.75, 3.05) is 32.7 Å². The summed E-state index contributed by atoms with van der Waals surface area (Å²) in [6.07, 6.45) is 4.49. The van der Waals surface area contributed by atoms with Crippen molar-refractivity contribution in [3.8, 4) is 0 Å². The second-order valence-corrected chi connectivity index (χ2v) is 6.28. The number of piperazine rings is 1. The van der Waals surface area contributed by atoms with Crippen LogP contribution in [0.1, 0.15) is 32.6 Å². The summed E-state index contributed by atoms with van der Waals surface area (Å²) in [5, 5.41) is 0. The highest BCUT2D eigenvalue weighted by Crippen LogP contribution is 2.30. The minimum Gasteiger partial charge on any atom is -0.393 e. The Morgan fingerprint density at radius 1 is 1.32 bits per heavy atom. The van der Waals surface area contributed by atoms with E-state index in [9.17, 15) is 4.79 Å². The van der Waals surface area contributed by atoms with Crippen molar-refractivity contribution < 1.29 is 4.79 Å². The van der Waals surface area contributed by atoms with Crippen LogP contribution in [-0.4, -0.2) is 53.4 Å². The van der Waals surface area contributed by atoms with Gasteiger partial charge in [0, 0.05) is 32.7 Å². The molecule has 0 bridgehead atoms. The third kappa shape index (κ3) is 4.14. The van der Waals surface area contributed by atoms with Crippen molar-refractivity contribution in [1.82, 2.24) is 9.80 Å². The lowest BCUT2D eigenvalue weighted by molar-refractivity contribution is -0.135. The van der Waals surface area contributed by atoms with Crippen molar-refractivity contribution in [3.63, 3.8) is 0 Å². The summed E-state index contributed by atoms with van der Waals surface area (Å²) in [5.74, 6) is 0.808. The van der Waals surface area contributed by atoms with E-state index in [1.54, 1.807) is 0 Å². The van der Waals surface area contributed by atoms with E-state index in [1.165, 1.54) is 19.4 Å². The average molecular weight is 283 g/mol. The number of hydrogen-bond donors (Lipinski definition) is 1. The number of amides is 1. The van der Waals surface area contributed by atoms with E-state index in [0.29, 0.717) is 4.99 Å². The van der Waals surface area contributed by atoms with Crippen molar-refractivity contribution in [3.05, 3.63) is 0 Å². The van der Waals surface area contributed by atoms with Crippen molar-refractivity contribution in [2.45, 2.75) is 32.6 Å². The van der Waals surface area contributed by atoms with Crippen LogP contribution in [0.2, 0.25) is 0 Å². The first-order valence-corrected chi connectivity index (χ1v) is 7.83. The van der Waals surface area contributed by atoms with Gasteiger partial charge < -0.3 is 10.6 Å². The Bertz CT molecular complexity index is 336. The second kappa shape index (κ2) is 6.66. The number of hydrogen-bond acceptors (Lipinski definition) is 3. The highest BCUT2D eigenvalue weighted by atomic mass is 32.1. The predicted octanol–water partition coefficient (Wildman–Crippen LogP) is 1.24. The Morgan fingerprint density at radius 2 is 1.95 bits per heavy atom. The van der Waals surface area contributed by atoms with Crippen LogP contribution in [0, 0.1) is 11.8 Å². The molecule has 1 aliphatic heterocycles. The van der Waals surface area contributed by atoms with Gasteiger partial charge in [0.25, 0.3) is 0 Å². The first kappa shape index (κ1) is 14.7. The molecule has 1 atom stereocenters. The van der Waals surface area contributed by atoms with Gasteiger partial charge in [0.15, 0.2) is 0 Å². The van der Waals surface area contributed by atoms with Gasteiger partial charge in [-0.05, 0) is 25.2 Å². The van der Waals surface area contributed by atoms with E-state index >= 15 is 0 Å². The van der Waals surface area contributed by atoms with E-state index in [-0.39, 0.29) is 11.8 Å². The molecular weight excluding hydrogens is 258 g/mol. The molecular formula is C14H25N3OS. The Labute approximate surface area is 121 Å². The van der Waals surface area contributed by atoms with E-state index in [0.717, 1.165) is 44.9 Å². The molecule has 2 N–H and O–H groups in total. The standard InChI is InChI=1S/C14H25N3OS/c1-2-3-12(13(15)19)14(18)17-8-6-16(7-9-17)10-11-4-5-11/h11-12H,2-10H2,1H3,(H2,15,19). The van der Waals surface area contributed by atoms with Gasteiger partial charge in [0.2, 0.25) is 5.91 Å². The maximum Gasteiger partial charge on any atom is 0.232 e. The Kier molecular flexibility index (Phi) is 5.16. The smallest absolute Gasteiger partial charge is 0.232 e. The van der Waals surface area contributed by atoms with Gasteiger partial charge in [-0.25, -0.2) is 0 Å². The molecule has 19 heavy (non-hydrogen) atoms. The summed E-state index contributed by atoms with van der Waals surface area (Å²) in [7, 11) is 0. The fraction of sp³-hybridized carbons (Fsp3) is 0.857. The second-order valence-electron chi connectivity index (χ2n) is 5.81. The number of thiocarbonyl (C=S) groups is 1. The Morgan fingerprint density at radius 3 is 2.42 bits per heavy atom. The molecule has 0 aromatic rings. The monoisotopic (exact) mass is 283 g/mol. The van der Waals surface area contributed by atoms with Crippen LogP contribution in [0.15, 0.2) is 0 Å². The number of nitrogens with two attached hydrogens (primary N) is 1. The number of rotatable bonds is 6. The number of nitrogens with zero attached hydrogens (tertiary/aromatic N) is 2. The maximum atomic E-state index is 12.4. The first-order valence-electron chi connectivity index (χ1n) is 7.42. The topological polar surface area (TPSA) is 49.6 Å². The Hall–Kier alpha value is -0.680. The highest BCUT2D eigenvalue weighted by Gasteiger charge is 2.30. The quantitative estimate of drug-likeness (QED) is 0.745. The molecule has 0 aromatic heterocycles. The Balaban J connectivity index is 1.81. The molecule has 2 aliphatic rings.